The number of rotatable bonds is 5. The van der Waals surface area contributed by atoms with Crippen LogP contribution in [0.1, 0.15) is 20.7 Å². The maximum absolute atomic E-state index is 12.2. The Morgan fingerprint density at radius 3 is 2.55 bits per heavy atom. The van der Waals surface area contributed by atoms with Gasteiger partial charge in [0.2, 0.25) is 0 Å². The number of carbonyl (C=O) groups is 2. The molecule has 0 radical (unpaired) electrons. The average molecular weight is 301 g/mol. The van der Waals surface area contributed by atoms with Crippen molar-refractivity contribution >= 4 is 17.9 Å². The number of nitro groups is 1. The fourth-order valence-corrected chi connectivity index (χ4v) is 1.85. The molecule has 0 heterocycles. The summed E-state index contributed by atoms with van der Waals surface area (Å²) in [6, 6.07) is 9.90. The SMILES string of the molecule is COc1cccc(C=O)c1OC(=O)c1ccccc1[N+](=O)[O-]. The molecule has 0 aliphatic heterocycles. The van der Waals surface area contributed by atoms with E-state index < -0.39 is 10.9 Å². The van der Waals surface area contributed by atoms with Gasteiger partial charge >= 0.3 is 5.97 Å². The van der Waals surface area contributed by atoms with Gasteiger partial charge in [0.25, 0.3) is 5.69 Å². The maximum atomic E-state index is 12.2. The molecule has 2 aromatic carbocycles. The highest BCUT2D eigenvalue weighted by molar-refractivity contribution is 5.96. The summed E-state index contributed by atoms with van der Waals surface area (Å²) in [5.74, 6) is -0.848. The summed E-state index contributed by atoms with van der Waals surface area (Å²) < 4.78 is 10.2. The van der Waals surface area contributed by atoms with Crippen molar-refractivity contribution in [3.8, 4) is 11.5 Å². The van der Waals surface area contributed by atoms with E-state index in [1.165, 1.54) is 43.5 Å². The van der Waals surface area contributed by atoms with Crippen LogP contribution >= 0.6 is 0 Å². The zero-order valence-electron chi connectivity index (χ0n) is 11.5. The highest BCUT2D eigenvalue weighted by atomic mass is 16.6. The Balaban J connectivity index is 2.42. The Labute approximate surface area is 125 Å². The molecule has 22 heavy (non-hydrogen) atoms. The van der Waals surface area contributed by atoms with Gasteiger partial charge in [-0.3, -0.25) is 14.9 Å². The van der Waals surface area contributed by atoms with E-state index in [0.717, 1.165) is 0 Å². The molecule has 7 heteroatoms. The summed E-state index contributed by atoms with van der Waals surface area (Å²) in [6.07, 6.45) is 0.505. The van der Waals surface area contributed by atoms with Crippen molar-refractivity contribution in [2.24, 2.45) is 0 Å². The third kappa shape index (κ3) is 2.93. The minimum atomic E-state index is -0.945. The number of ether oxygens (including phenoxy) is 2. The number of aldehydes is 1. The molecule has 7 nitrogen and oxygen atoms in total. The van der Waals surface area contributed by atoms with Gasteiger partial charge in [-0.15, -0.1) is 0 Å². The molecule has 0 saturated carbocycles. The molecule has 2 aromatic rings. The number of nitrogens with zero attached hydrogens (tertiary/aromatic N) is 1. The molecule has 0 spiro atoms. The van der Waals surface area contributed by atoms with Gasteiger partial charge in [0, 0.05) is 6.07 Å². The van der Waals surface area contributed by atoms with Crippen LogP contribution in [-0.4, -0.2) is 24.3 Å². The number of hydrogen-bond donors (Lipinski definition) is 0. The minimum absolute atomic E-state index is 0.0804. The van der Waals surface area contributed by atoms with Crippen molar-refractivity contribution < 1.29 is 24.0 Å². The first kappa shape index (κ1) is 15.2. The lowest BCUT2D eigenvalue weighted by Gasteiger charge is -2.11. The van der Waals surface area contributed by atoms with Gasteiger partial charge in [0.1, 0.15) is 5.56 Å². The molecule has 0 atom stereocenters. The Hall–Kier alpha value is -3.22. The van der Waals surface area contributed by atoms with E-state index in [4.69, 9.17) is 9.47 Å². The van der Waals surface area contributed by atoms with E-state index in [0.29, 0.717) is 6.29 Å². The second-order valence-electron chi connectivity index (χ2n) is 4.16. The first-order valence-electron chi connectivity index (χ1n) is 6.16. The Kier molecular flexibility index (Phi) is 4.47. The minimum Gasteiger partial charge on any atom is -0.493 e. The lowest BCUT2D eigenvalue weighted by Crippen LogP contribution is -2.12. The summed E-state index contributed by atoms with van der Waals surface area (Å²) in [7, 11) is 1.35. The van der Waals surface area contributed by atoms with E-state index in [1.54, 1.807) is 6.07 Å². The van der Waals surface area contributed by atoms with Crippen LogP contribution in [0.2, 0.25) is 0 Å². The van der Waals surface area contributed by atoms with E-state index >= 15 is 0 Å². The van der Waals surface area contributed by atoms with Crippen LogP contribution in [0, 0.1) is 10.1 Å². The average Bonchev–Trinajstić information content (AvgIpc) is 2.54. The van der Waals surface area contributed by atoms with Crippen molar-refractivity contribution in [2.45, 2.75) is 0 Å². The zero-order chi connectivity index (χ0) is 16.1. The van der Waals surface area contributed by atoms with Gasteiger partial charge in [0.05, 0.1) is 17.6 Å². The van der Waals surface area contributed by atoms with Crippen LogP contribution in [0.25, 0.3) is 0 Å². The van der Waals surface area contributed by atoms with Crippen LogP contribution in [0.5, 0.6) is 11.5 Å². The van der Waals surface area contributed by atoms with Gasteiger partial charge in [0.15, 0.2) is 17.8 Å². The van der Waals surface area contributed by atoms with Crippen molar-refractivity contribution in [1.82, 2.24) is 0 Å². The van der Waals surface area contributed by atoms with Gasteiger partial charge in [-0.25, -0.2) is 4.79 Å². The lowest BCUT2D eigenvalue weighted by molar-refractivity contribution is -0.385. The first-order valence-corrected chi connectivity index (χ1v) is 6.16. The van der Waals surface area contributed by atoms with Gasteiger partial charge in [-0.1, -0.05) is 18.2 Å². The number of para-hydroxylation sites is 2. The van der Waals surface area contributed by atoms with E-state index in [2.05, 4.69) is 0 Å². The summed E-state index contributed by atoms with van der Waals surface area (Å²) in [5, 5.41) is 10.9. The first-order chi connectivity index (χ1) is 10.6. The van der Waals surface area contributed by atoms with Crippen LogP contribution in [0.15, 0.2) is 42.5 Å². The number of hydrogen-bond acceptors (Lipinski definition) is 6. The Morgan fingerprint density at radius 1 is 1.18 bits per heavy atom. The van der Waals surface area contributed by atoms with Crippen LogP contribution in [0.3, 0.4) is 0 Å². The monoisotopic (exact) mass is 301 g/mol. The van der Waals surface area contributed by atoms with Crippen molar-refractivity contribution in [3.05, 3.63) is 63.7 Å². The highest BCUT2D eigenvalue weighted by Gasteiger charge is 2.23. The smallest absolute Gasteiger partial charge is 0.350 e. The molecular weight excluding hydrogens is 290 g/mol. The summed E-state index contributed by atoms with van der Waals surface area (Å²) in [6.45, 7) is 0. The highest BCUT2D eigenvalue weighted by Crippen LogP contribution is 2.31. The molecular formula is C15H11NO6. The molecule has 0 N–H and O–H groups in total. The topological polar surface area (TPSA) is 95.7 Å². The molecule has 2 rings (SSSR count). The van der Waals surface area contributed by atoms with E-state index in [9.17, 15) is 19.7 Å². The van der Waals surface area contributed by atoms with Crippen molar-refractivity contribution in [1.29, 1.82) is 0 Å². The normalized spacial score (nSPS) is 9.86. The van der Waals surface area contributed by atoms with E-state index in [-0.39, 0.29) is 28.3 Å². The predicted molar refractivity (Wildman–Crippen MR) is 76.4 cm³/mol. The Morgan fingerprint density at radius 2 is 1.91 bits per heavy atom. The molecule has 0 amide bonds. The summed E-state index contributed by atoms with van der Waals surface area (Å²) >= 11 is 0. The second kappa shape index (κ2) is 6.49. The number of methoxy groups -OCH3 is 1. The fraction of sp³-hybridized carbons (Fsp3) is 0.0667. The van der Waals surface area contributed by atoms with Crippen molar-refractivity contribution in [3.63, 3.8) is 0 Å². The molecule has 0 unspecified atom stereocenters. The molecule has 112 valence electrons. The van der Waals surface area contributed by atoms with Crippen LogP contribution < -0.4 is 9.47 Å². The van der Waals surface area contributed by atoms with Crippen molar-refractivity contribution in [2.75, 3.05) is 7.11 Å². The number of nitro benzene ring substituents is 1. The van der Waals surface area contributed by atoms with Gasteiger partial charge in [-0.2, -0.15) is 0 Å². The fourth-order valence-electron chi connectivity index (χ4n) is 1.85. The summed E-state index contributed by atoms with van der Waals surface area (Å²) in [5.41, 5.74) is -0.489. The molecule has 0 saturated heterocycles. The van der Waals surface area contributed by atoms with Crippen LogP contribution in [-0.2, 0) is 0 Å². The Bertz CT molecular complexity index is 741. The molecule has 0 aliphatic rings. The predicted octanol–water partition coefficient (Wildman–Crippen LogP) is 2.64. The summed E-state index contributed by atoms with van der Waals surface area (Å²) in [4.78, 5) is 33.5. The van der Waals surface area contributed by atoms with Crippen LogP contribution in [0.4, 0.5) is 5.69 Å². The zero-order valence-corrected chi connectivity index (χ0v) is 11.5. The van der Waals surface area contributed by atoms with Gasteiger partial charge < -0.3 is 9.47 Å². The molecule has 0 bridgehead atoms. The molecule has 0 aliphatic carbocycles. The molecule has 0 fully saturated rings. The third-order valence-electron chi connectivity index (χ3n) is 2.87. The van der Waals surface area contributed by atoms with E-state index in [1.807, 2.05) is 0 Å². The number of esters is 1. The maximum Gasteiger partial charge on any atom is 0.350 e. The third-order valence-corrected chi connectivity index (χ3v) is 2.87. The van der Waals surface area contributed by atoms with Gasteiger partial charge in [-0.05, 0) is 18.2 Å². The lowest BCUT2D eigenvalue weighted by atomic mass is 10.1. The number of benzene rings is 2. The quantitative estimate of drug-likeness (QED) is 0.277. The molecule has 0 aromatic heterocycles. The number of carbonyl (C=O) groups excluding carboxylic acids is 2. The largest absolute Gasteiger partial charge is 0.493 e. The standard InChI is InChI=1S/C15H11NO6/c1-21-13-8-4-5-10(9-17)14(13)22-15(18)11-6-2-3-7-12(11)16(19)20/h2-9H,1H3. The second-order valence-corrected chi connectivity index (χ2v) is 4.16.